The van der Waals surface area contributed by atoms with Crippen molar-refractivity contribution in [2.75, 3.05) is 14.1 Å². The summed E-state index contributed by atoms with van der Waals surface area (Å²) in [7, 11) is 1.06. The maximum Gasteiger partial charge on any atom is 0.271 e. The third-order valence-corrected chi connectivity index (χ3v) is 7.84. The third kappa shape index (κ3) is 3.84. The molecule has 0 fully saturated rings. The molecule has 1 N–H and O–H groups in total. The summed E-state index contributed by atoms with van der Waals surface area (Å²) in [6.07, 6.45) is 0. The second-order valence-corrected chi connectivity index (χ2v) is 9.88. The maximum absolute atomic E-state index is 12.5. The van der Waals surface area contributed by atoms with E-state index in [9.17, 15) is 13.2 Å². The first-order valence-corrected chi connectivity index (χ1v) is 10.9. The van der Waals surface area contributed by atoms with E-state index in [4.69, 9.17) is 0 Å². The molecule has 0 saturated heterocycles. The standard InChI is InChI=1S/C17H17BrN4O3S2/c1-21(2)27(24,25)15-10-11(8-9-12(15)18)16(23)19-20-17-22(3)13-6-4-5-7-14(13)26-17/h4-10H,1-3H3,(H,19,23)/b20-17-. The second kappa shape index (κ2) is 7.55. The van der Waals surface area contributed by atoms with E-state index in [0.717, 1.165) is 14.5 Å². The van der Waals surface area contributed by atoms with Crippen molar-refractivity contribution in [3.63, 3.8) is 0 Å². The molecule has 1 amide bonds. The van der Waals surface area contributed by atoms with Crippen molar-refractivity contribution in [3.05, 3.63) is 57.3 Å². The molecule has 10 heteroatoms. The molecule has 0 aliphatic heterocycles. The molecular weight excluding hydrogens is 452 g/mol. The predicted molar refractivity (Wildman–Crippen MR) is 109 cm³/mol. The molecule has 27 heavy (non-hydrogen) atoms. The molecule has 0 bridgehead atoms. The number of hydrogen-bond acceptors (Lipinski definition) is 5. The lowest BCUT2D eigenvalue weighted by Gasteiger charge is -2.13. The van der Waals surface area contributed by atoms with Crippen LogP contribution in [0.5, 0.6) is 0 Å². The Kier molecular flexibility index (Phi) is 5.52. The van der Waals surface area contributed by atoms with Gasteiger partial charge >= 0.3 is 0 Å². The van der Waals surface area contributed by atoms with Crippen molar-refractivity contribution in [1.29, 1.82) is 0 Å². The highest BCUT2D eigenvalue weighted by Crippen LogP contribution is 2.25. The number of thiazole rings is 1. The molecule has 3 aromatic rings. The van der Waals surface area contributed by atoms with Gasteiger partial charge in [-0.15, -0.1) is 5.10 Å². The van der Waals surface area contributed by atoms with Crippen molar-refractivity contribution < 1.29 is 13.2 Å². The largest absolute Gasteiger partial charge is 0.318 e. The Morgan fingerprint density at radius 1 is 1.22 bits per heavy atom. The van der Waals surface area contributed by atoms with Crippen molar-refractivity contribution in [3.8, 4) is 0 Å². The average Bonchev–Trinajstić information content (AvgIpc) is 2.96. The van der Waals surface area contributed by atoms with Gasteiger partial charge in [0.15, 0.2) is 0 Å². The lowest BCUT2D eigenvalue weighted by atomic mass is 10.2. The van der Waals surface area contributed by atoms with Gasteiger partial charge in [-0.3, -0.25) is 4.79 Å². The molecule has 1 aromatic heterocycles. The molecule has 0 unspecified atom stereocenters. The number of amides is 1. The number of carbonyl (C=O) groups is 1. The summed E-state index contributed by atoms with van der Waals surface area (Å²) in [4.78, 5) is 13.1. The minimum Gasteiger partial charge on any atom is -0.318 e. The van der Waals surface area contributed by atoms with Crippen molar-refractivity contribution in [1.82, 2.24) is 14.3 Å². The number of carbonyl (C=O) groups excluding carboxylic acids is 1. The number of para-hydroxylation sites is 1. The summed E-state index contributed by atoms with van der Waals surface area (Å²) in [6, 6.07) is 12.2. The van der Waals surface area contributed by atoms with E-state index >= 15 is 0 Å². The number of aryl methyl sites for hydroxylation is 1. The SMILES string of the molecule is CN(C)S(=O)(=O)c1cc(C(=O)N/N=c2\sc3ccccc3n2C)ccc1Br. The molecular formula is C17H17BrN4O3S2. The Labute approximate surface area is 169 Å². The van der Waals surface area contributed by atoms with Gasteiger partial charge in [-0.05, 0) is 46.3 Å². The van der Waals surface area contributed by atoms with Crippen LogP contribution >= 0.6 is 27.3 Å². The molecule has 0 spiro atoms. The van der Waals surface area contributed by atoms with Crippen LogP contribution in [-0.2, 0) is 17.1 Å². The molecule has 0 radical (unpaired) electrons. The fourth-order valence-electron chi connectivity index (χ4n) is 2.39. The number of benzene rings is 2. The molecule has 0 aliphatic rings. The zero-order valence-electron chi connectivity index (χ0n) is 14.8. The summed E-state index contributed by atoms with van der Waals surface area (Å²) in [5.41, 5.74) is 3.71. The van der Waals surface area contributed by atoms with Gasteiger partial charge in [0.05, 0.1) is 15.1 Å². The van der Waals surface area contributed by atoms with Gasteiger partial charge in [-0.25, -0.2) is 18.1 Å². The molecule has 0 atom stereocenters. The van der Waals surface area contributed by atoms with Crippen LogP contribution in [0.25, 0.3) is 10.2 Å². The first-order chi connectivity index (χ1) is 12.7. The van der Waals surface area contributed by atoms with E-state index in [0.29, 0.717) is 9.27 Å². The molecule has 0 aliphatic carbocycles. The van der Waals surface area contributed by atoms with E-state index in [2.05, 4.69) is 26.5 Å². The summed E-state index contributed by atoms with van der Waals surface area (Å²) in [5.74, 6) is -0.491. The highest BCUT2D eigenvalue weighted by molar-refractivity contribution is 9.10. The summed E-state index contributed by atoms with van der Waals surface area (Å²) in [5, 5.41) is 4.18. The van der Waals surface area contributed by atoms with Crippen molar-refractivity contribution >= 4 is 53.4 Å². The molecule has 142 valence electrons. The number of rotatable bonds is 4. The molecule has 0 saturated carbocycles. The molecule has 2 aromatic carbocycles. The third-order valence-electron chi connectivity index (χ3n) is 3.92. The minimum absolute atomic E-state index is 0.0209. The normalized spacial score (nSPS) is 12.7. The summed E-state index contributed by atoms with van der Waals surface area (Å²) >= 11 is 4.67. The van der Waals surface area contributed by atoms with E-state index in [1.807, 2.05) is 35.9 Å². The number of hydrogen-bond donors (Lipinski definition) is 1. The van der Waals surface area contributed by atoms with Crippen LogP contribution < -0.4 is 10.2 Å². The van der Waals surface area contributed by atoms with Crippen LogP contribution in [0.3, 0.4) is 0 Å². The Hall–Kier alpha value is -2.01. The van der Waals surface area contributed by atoms with E-state index in [1.54, 1.807) is 0 Å². The number of fused-ring (bicyclic) bond motifs is 1. The highest BCUT2D eigenvalue weighted by atomic mass is 79.9. The van der Waals surface area contributed by atoms with Crippen LogP contribution in [-0.4, -0.2) is 37.3 Å². The fourth-order valence-corrected chi connectivity index (χ4v) is 5.21. The topological polar surface area (TPSA) is 83.8 Å². The van der Waals surface area contributed by atoms with Gasteiger partial charge < -0.3 is 4.57 Å². The van der Waals surface area contributed by atoms with E-state index < -0.39 is 15.9 Å². The van der Waals surface area contributed by atoms with Crippen molar-refractivity contribution in [2.45, 2.75) is 4.90 Å². The average molecular weight is 469 g/mol. The fraction of sp³-hybridized carbons (Fsp3) is 0.176. The van der Waals surface area contributed by atoms with Gasteiger partial charge in [0.1, 0.15) is 0 Å². The maximum atomic E-state index is 12.5. The van der Waals surface area contributed by atoms with Crippen LogP contribution in [0.2, 0.25) is 0 Å². The Balaban J connectivity index is 1.94. The molecule has 1 heterocycles. The van der Waals surface area contributed by atoms with Crippen LogP contribution in [0.4, 0.5) is 0 Å². The predicted octanol–water partition coefficient (Wildman–Crippen LogP) is 2.50. The number of nitrogens with zero attached hydrogens (tertiary/aromatic N) is 3. The van der Waals surface area contributed by atoms with Crippen LogP contribution in [0, 0.1) is 0 Å². The monoisotopic (exact) mass is 468 g/mol. The van der Waals surface area contributed by atoms with Crippen LogP contribution in [0.15, 0.2) is 56.9 Å². The Morgan fingerprint density at radius 2 is 1.93 bits per heavy atom. The van der Waals surface area contributed by atoms with E-state index in [1.165, 1.54) is 43.6 Å². The second-order valence-electron chi connectivity index (χ2n) is 5.90. The lowest BCUT2D eigenvalue weighted by molar-refractivity contribution is 0.0952. The van der Waals surface area contributed by atoms with Gasteiger partial charge in [0, 0.05) is 31.2 Å². The van der Waals surface area contributed by atoms with Gasteiger partial charge in [0.2, 0.25) is 14.8 Å². The minimum atomic E-state index is -3.68. The highest BCUT2D eigenvalue weighted by Gasteiger charge is 2.22. The lowest BCUT2D eigenvalue weighted by Crippen LogP contribution is -2.25. The molecule has 3 rings (SSSR count). The number of nitrogens with one attached hydrogen (secondary N) is 1. The Bertz CT molecular complexity index is 1200. The van der Waals surface area contributed by atoms with Crippen LogP contribution in [0.1, 0.15) is 10.4 Å². The first-order valence-electron chi connectivity index (χ1n) is 7.82. The van der Waals surface area contributed by atoms with E-state index in [-0.39, 0.29) is 10.5 Å². The summed E-state index contributed by atoms with van der Waals surface area (Å²) in [6.45, 7) is 0. The smallest absolute Gasteiger partial charge is 0.271 e. The number of aromatic nitrogens is 1. The zero-order chi connectivity index (χ0) is 19.8. The first kappa shape index (κ1) is 19.7. The number of halogens is 1. The Morgan fingerprint density at radius 3 is 2.59 bits per heavy atom. The quantitative estimate of drug-likeness (QED) is 0.596. The molecule has 7 nitrogen and oxygen atoms in total. The van der Waals surface area contributed by atoms with Gasteiger partial charge in [-0.1, -0.05) is 23.5 Å². The summed E-state index contributed by atoms with van der Waals surface area (Å²) < 4.78 is 29.2. The number of sulfonamides is 1. The van der Waals surface area contributed by atoms with Gasteiger partial charge in [0.25, 0.3) is 5.91 Å². The zero-order valence-corrected chi connectivity index (χ0v) is 18.0. The van der Waals surface area contributed by atoms with Gasteiger partial charge in [-0.2, -0.15) is 0 Å². The van der Waals surface area contributed by atoms with Crippen molar-refractivity contribution in [2.24, 2.45) is 12.1 Å².